The van der Waals surface area contributed by atoms with E-state index in [4.69, 9.17) is 0 Å². The van der Waals surface area contributed by atoms with E-state index in [-0.39, 0.29) is 0 Å². The minimum Gasteiger partial charge on any atom is -0.266 e. The summed E-state index contributed by atoms with van der Waals surface area (Å²) >= 11 is 0. The fourth-order valence-electron chi connectivity index (χ4n) is 2.06. The van der Waals surface area contributed by atoms with Crippen molar-refractivity contribution in [1.29, 1.82) is 0 Å². The number of rotatable bonds is 6. The van der Waals surface area contributed by atoms with E-state index in [0.29, 0.717) is 0 Å². The summed E-state index contributed by atoms with van der Waals surface area (Å²) in [4.78, 5) is 4.52. The smallest absolute Gasteiger partial charge is 0.0401 e. The van der Waals surface area contributed by atoms with Crippen LogP contribution < -0.4 is 0 Å². The van der Waals surface area contributed by atoms with Crippen molar-refractivity contribution < 1.29 is 0 Å². The van der Waals surface area contributed by atoms with Crippen LogP contribution >= 0.6 is 0 Å². The normalized spacial score (nSPS) is 12.3. The summed E-state index contributed by atoms with van der Waals surface area (Å²) in [6.45, 7) is 8.58. The molecule has 0 saturated carbocycles. The average Bonchev–Trinajstić information content (AvgIpc) is 2.37. The maximum absolute atomic E-state index is 4.52. The summed E-state index contributed by atoms with van der Waals surface area (Å²) in [5, 5.41) is 0. The van der Waals surface area contributed by atoms with Gasteiger partial charge in [0, 0.05) is 18.3 Å². The van der Waals surface area contributed by atoms with Gasteiger partial charge in [0.1, 0.15) is 0 Å². The number of benzene rings is 1. The highest BCUT2D eigenvalue weighted by atomic mass is 14.7. The predicted octanol–water partition coefficient (Wildman–Crippen LogP) is 4.87. The second-order valence-corrected chi connectivity index (χ2v) is 4.70. The number of aryl methyl sites for hydroxylation is 2. The van der Waals surface area contributed by atoms with Crippen LogP contribution in [0.1, 0.15) is 50.3 Å². The van der Waals surface area contributed by atoms with Crippen LogP contribution in [0.25, 0.3) is 0 Å². The van der Waals surface area contributed by atoms with Crippen molar-refractivity contribution in [3.8, 4) is 0 Å². The second kappa shape index (κ2) is 7.86. The van der Waals surface area contributed by atoms with Gasteiger partial charge in [-0.05, 0) is 37.8 Å². The van der Waals surface area contributed by atoms with Crippen molar-refractivity contribution in [2.45, 2.75) is 53.4 Å². The lowest BCUT2D eigenvalue weighted by atomic mass is 9.97. The summed E-state index contributed by atoms with van der Waals surface area (Å²) in [6, 6.07) is 6.77. The van der Waals surface area contributed by atoms with E-state index in [2.05, 4.69) is 57.0 Å². The molecule has 0 amide bonds. The van der Waals surface area contributed by atoms with E-state index in [0.717, 1.165) is 25.0 Å². The molecule has 0 aliphatic carbocycles. The number of hydrogen-bond donors (Lipinski definition) is 0. The van der Waals surface area contributed by atoms with E-state index in [1.807, 2.05) is 6.21 Å². The molecule has 0 radical (unpaired) electrons. The quantitative estimate of drug-likeness (QED) is 0.632. The number of aliphatic imine (C=N–C) groups is 1. The molecular weight excluding hydrogens is 218 g/mol. The van der Waals surface area contributed by atoms with Crippen LogP contribution in [0.5, 0.6) is 0 Å². The Morgan fingerprint density at radius 3 is 2.61 bits per heavy atom. The lowest BCUT2D eigenvalue weighted by Crippen LogP contribution is -1.97. The minimum atomic E-state index is 0.947. The Labute approximate surface area is 112 Å². The van der Waals surface area contributed by atoms with Crippen molar-refractivity contribution in [3.63, 3.8) is 0 Å². The van der Waals surface area contributed by atoms with Crippen molar-refractivity contribution in [2.24, 2.45) is 4.99 Å². The first kappa shape index (κ1) is 14.7. The molecule has 0 aromatic heterocycles. The van der Waals surface area contributed by atoms with Crippen LogP contribution in [-0.4, -0.2) is 6.21 Å². The van der Waals surface area contributed by atoms with Gasteiger partial charge in [-0.25, -0.2) is 0 Å². The molecule has 1 rings (SSSR count). The Hall–Kier alpha value is -1.37. The Balaban J connectivity index is 2.91. The first-order chi connectivity index (χ1) is 8.71. The maximum Gasteiger partial charge on any atom is 0.0401 e. The molecule has 0 saturated heterocycles. The monoisotopic (exact) mass is 243 g/mol. The van der Waals surface area contributed by atoms with Gasteiger partial charge in [0.25, 0.3) is 0 Å². The molecule has 0 unspecified atom stereocenters. The molecule has 1 aromatic rings. The van der Waals surface area contributed by atoms with Crippen LogP contribution in [0.3, 0.4) is 0 Å². The Kier molecular flexibility index (Phi) is 6.42. The van der Waals surface area contributed by atoms with E-state index >= 15 is 0 Å². The molecule has 1 aromatic carbocycles. The maximum atomic E-state index is 4.52. The summed E-state index contributed by atoms with van der Waals surface area (Å²) in [5.74, 6) is 0. The lowest BCUT2D eigenvalue weighted by Gasteiger charge is -2.10. The molecule has 0 bridgehead atoms. The van der Waals surface area contributed by atoms with Gasteiger partial charge in [0.15, 0.2) is 0 Å². The molecule has 0 fully saturated rings. The highest BCUT2D eigenvalue weighted by Gasteiger charge is 2.04. The summed E-state index contributed by atoms with van der Waals surface area (Å²) in [7, 11) is 0. The molecule has 0 N–H and O–H groups in total. The van der Waals surface area contributed by atoms with Gasteiger partial charge in [0.2, 0.25) is 0 Å². The summed E-state index contributed by atoms with van der Waals surface area (Å²) in [6.07, 6.45) is 8.39. The number of nitrogens with zero attached hydrogens (tertiary/aromatic N) is 1. The SMILES string of the molecule is C/C=C(/Cc1ccc(C)cc1CCC)N=CCC. The molecule has 18 heavy (non-hydrogen) atoms. The molecule has 0 spiro atoms. The van der Waals surface area contributed by atoms with Gasteiger partial charge in [-0.1, -0.05) is 50.1 Å². The predicted molar refractivity (Wildman–Crippen MR) is 81.4 cm³/mol. The van der Waals surface area contributed by atoms with Gasteiger partial charge in [-0.15, -0.1) is 0 Å². The van der Waals surface area contributed by atoms with Crippen LogP contribution in [0.15, 0.2) is 35.0 Å². The third-order valence-corrected chi connectivity index (χ3v) is 3.03. The highest BCUT2D eigenvalue weighted by Crippen LogP contribution is 2.18. The molecule has 0 aliphatic heterocycles. The lowest BCUT2D eigenvalue weighted by molar-refractivity contribution is 0.898. The fourth-order valence-corrected chi connectivity index (χ4v) is 2.06. The first-order valence-corrected chi connectivity index (χ1v) is 6.97. The topological polar surface area (TPSA) is 12.4 Å². The Morgan fingerprint density at radius 1 is 1.22 bits per heavy atom. The third-order valence-electron chi connectivity index (χ3n) is 3.03. The average molecular weight is 243 g/mol. The first-order valence-electron chi connectivity index (χ1n) is 6.97. The van der Waals surface area contributed by atoms with Crippen LogP contribution in [0.4, 0.5) is 0 Å². The van der Waals surface area contributed by atoms with Gasteiger partial charge in [-0.2, -0.15) is 0 Å². The molecule has 98 valence electrons. The second-order valence-electron chi connectivity index (χ2n) is 4.70. The molecule has 0 heterocycles. The van der Waals surface area contributed by atoms with Gasteiger partial charge < -0.3 is 0 Å². The van der Waals surface area contributed by atoms with E-state index in [9.17, 15) is 0 Å². The third kappa shape index (κ3) is 4.48. The van der Waals surface area contributed by atoms with Crippen LogP contribution in [0.2, 0.25) is 0 Å². The van der Waals surface area contributed by atoms with Gasteiger partial charge >= 0.3 is 0 Å². The minimum absolute atomic E-state index is 0.947. The molecule has 0 atom stereocenters. The molecule has 1 heteroatoms. The van der Waals surface area contributed by atoms with E-state index in [1.165, 1.54) is 23.1 Å². The molecule has 0 aliphatic rings. The molecular formula is C17H25N. The van der Waals surface area contributed by atoms with E-state index < -0.39 is 0 Å². The fraction of sp³-hybridized carbons (Fsp3) is 0.471. The van der Waals surface area contributed by atoms with Crippen LogP contribution in [0, 0.1) is 6.92 Å². The van der Waals surface area contributed by atoms with Crippen molar-refractivity contribution >= 4 is 6.21 Å². The zero-order chi connectivity index (χ0) is 13.4. The zero-order valence-corrected chi connectivity index (χ0v) is 12.2. The number of allylic oxidation sites excluding steroid dienone is 2. The summed E-state index contributed by atoms with van der Waals surface area (Å²) in [5.41, 5.74) is 5.41. The Bertz CT molecular complexity index is 427. The van der Waals surface area contributed by atoms with E-state index in [1.54, 1.807) is 0 Å². The highest BCUT2D eigenvalue weighted by molar-refractivity contribution is 5.58. The Morgan fingerprint density at radius 2 is 2.00 bits per heavy atom. The molecule has 1 nitrogen and oxygen atoms in total. The van der Waals surface area contributed by atoms with Crippen LogP contribution in [-0.2, 0) is 12.8 Å². The largest absolute Gasteiger partial charge is 0.266 e. The standard InChI is InChI=1S/C17H25N/c1-5-8-15-12-14(4)9-10-16(15)13-17(7-3)18-11-6-2/h7,9-12H,5-6,8,13H2,1-4H3/b17-7-,18-11?. The van der Waals surface area contributed by atoms with Gasteiger partial charge in [0.05, 0.1) is 0 Å². The van der Waals surface area contributed by atoms with Crippen molar-refractivity contribution in [1.82, 2.24) is 0 Å². The van der Waals surface area contributed by atoms with Crippen molar-refractivity contribution in [2.75, 3.05) is 0 Å². The van der Waals surface area contributed by atoms with Crippen molar-refractivity contribution in [3.05, 3.63) is 46.7 Å². The van der Waals surface area contributed by atoms with Gasteiger partial charge in [-0.3, -0.25) is 4.99 Å². The number of hydrogen-bond acceptors (Lipinski definition) is 1. The summed E-state index contributed by atoms with van der Waals surface area (Å²) < 4.78 is 0. The zero-order valence-electron chi connectivity index (χ0n) is 12.2.